The maximum absolute atomic E-state index is 13.9. The van der Waals surface area contributed by atoms with Gasteiger partial charge in [0.15, 0.2) is 5.76 Å². The van der Waals surface area contributed by atoms with E-state index in [1.165, 1.54) is 18.2 Å². The van der Waals surface area contributed by atoms with E-state index in [0.717, 1.165) is 11.5 Å². The van der Waals surface area contributed by atoms with Crippen molar-refractivity contribution in [2.45, 2.75) is 13.5 Å². The standard InChI is InChI=1S/C16H17ClFN3O2/c1-11-9-12(23-19-11)10-20-5-7-21(8-6-20)16(22)15-13(17)3-2-4-14(15)18/h2-4,9H,5-8,10H2,1H3. The van der Waals surface area contributed by atoms with Gasteiger partial charge in [-0.25, -0.2) is 4.39 Å². The first kappa shape index (κ1) is 16.0. The zero-order valence-electron chi connectivity index (χ0n) is 12.8. The molecule has 0 unspecified atom stereocenters. The summed E-state index contributed by atoms with van der Waals surface area (Å²) in [5.74, 6) is -0.134. The summed E-state index contributed by atoms with van der Waals surface area (Å²) in [6.45, 7) is 4.97. The molecule has 2 heterocycles. The molecule has 23 heavy (non-hydrogen) atoms. The summed E-state index contributed by atoms with van der Waals surface area (Å²) in [6.07, 6.45) is 0. The minimum Gasteiger partial charge on any atom is -0.360 e. The first-order chi connectivity index (χ1) is 11.0. The van der Waals surface area contributed by atoms with Gasteiger partial charge in [0.1, 0.15) is 5.82 Å². The van der Waals surface area contributed by atoms with Crippen LogP contribution in [0.5, 0.6) is 0 Å². The number of nitrogens with zero attached hydrogens (tertiary/aromatic N) is 3. The average molecular weight is 338 g/mol. The maximum atomic E-state index is 13.9. The minimum absolute atomic E-state index is 0.0477. The third kappa shape index (κ3) is 3.54. The second kappa shape index (κ2) is 6.68. The number of rotatable bonds is 3. The Bertz CT molecular complexity index is 691. The Balaban J connectivity index is 1.61. The SMILES string of the molecule is Cc1cc(CN2CCN(C(=O)c3c(F)cccc3Cl)CC2)on1. The molecule has 1 amide bonds. The highest BCUT2D eigenvalue weighted by Gasteiger charge is 2.26. The number of hydrogen-bond acceptors (Lipinski definition) is 4. The molecule has 0 atom stereocenters. The number of carbonyl (C=O) groups is 1. The zero-order valence-corrected chi connectivity index (χ0v) is 13.5. The minimum atomic E-state index is -0.581. The molecule has 5 nitrogen and oxygen atoms in total. The number of amides is 1. The van der Waals surface area contributed by atoms with Gasteiger partial charge in [-0.2, -0.15) is 0 Å². The second-order valence-corrected chi connectivity index (χ2v) is 6.01. The Morgan fingerprint density at radius 3 is 2.70 bits per heavy atom. The molecule has 1 fully saturated rings. The van der Waals surface area contributed by atoms with Gasteiger partial charge >= 0.3 is 0 Å². The Kier molecular flexibility index (Phi) is 4.63. The van der Waals surface area contributed by atoms with Gasteiger partial charge in [0, 0.05) is 32.2 Å². The average Bonchev–Trinajstić information content (AvgIpc) is 2.93. The van der Waals surface area contributed by atoms with Crippen molar-refractivity contribution in [2.75, 3.05) is 26.2 Å². The quantitative estimate of drug-likeness (QED) is 0.864. The van der Waals surface area contributed by atoms with Gasteiger partial charge in [-0.05, 0) is 19.1 Å². The number of carbonyl (C=O) groups excluding carboxylic acids is 1. The molecule has 3 rings (SSSR count). The van der Waals surface area contributed by atoms with Crippen LogP contribution < -0.4 is 0 Å². The molecular weight excluding hydrogens is 321 g/mol. The smallest absolute Gasteiger partial charge is 0.258 e. The third-order valence-electron chi connectivity index (χ3n) is 3.89. The molecule has 0 aliphatic carbocycles. The molecule has 1 saturated heterocycles. The fourth-order valence-corrected chi connectivity index (χ4v) is 2.92. The zero-order chi connectivity index (χ0) is 16.4. The van der Waals surface area contributed by atoms with Crippen molar-refractivity contribution < 1.29 is 13.7 Å². The molecule has 122 valence electrons. The Morgan fingerprint density at radius 1 is 1.35 bits per heavy atom. The van der Waals surface area contributed by atoms with E-state index in [1.807, 2.05) is 13.0 Å². The van der Waals surface area contributed by atoms with Crippen LogP contribution in [0.2, 0.25) is 5.02 Å². The van der Waals surface area contributed by atoms with Crippen LogP contribution in [-0.2, 0) is 6.54 Å². The first-order valence-corrected chi connectivity index (χ1v) is 7.80. The van der Waals surface area contributed by atoms with E-state index in [4.69, 9.17) is 16.1 Å². The summed E-state index contributed by atoms with van der Waals surface area (Å²) in [7, 11) is 0. The van der Waals surface area contributed by atoms with Gasteiger partial charge < -0.3 is 9.42 Å². The predicted molar refractivity (Wildman–Crippen MR) is 83.8 cm³/mol. The number of hydrogen-bond donors (Lipinski definition) is 0. The highest BCUT2D eigenvalue weighted by Crippen LogP contribution is 2.21. The molecule has 2 aromatic rings. The highest BCUT2D eigenvalue weighted by atomic mass is 35.5. The van der Waals surface area contributed by atoms with Gasteiger partial charge in [-0.1, -0.05) is 22.8 Å². The van der Waals surface area contributed by atoms with E-state index < -0.39 is 5.82 Å². The molecule has 0 saturated carbocycles. The van der Waals surface area contributed by atoms with Gasteiger partial charge in [0.05, 0.1) is 22.8 Å². The van der Waals surface area contributed by atoms with Crippen molar-refractivity contribution in [1.82, 2.24) is 15.0 Å². The topological polar surface area (TPSA) is 49.6 Å². The van der Waals surface area contributed by atoms with E-state index in [0.29, 0.717) is 32.7 Å². The molecule has 7 heteroatoms. The molecular formula is C16H17ClFN3O2. The summed E-state index contributed by atoms with van der Waals surface area (Å²) in [5, 5.41) is 4.01. The fraction of sp³-hybridized carbons (Fsp3) is 0.375. The number of halogens is 2. The molecule has 0 radical (unpaired) electrons. The van der Waals surface area contributed by atoms with Gasteiger partial charge in [-0.3, -0.25) is 9.69 Å². The van der Waals surface area contributed by atoms with Crippen LogP contribution in [0.3, 0.4) is 0 Å². The molecule has 1 aliphatic heterocycles. The molecule has 1 aromatic heterocycles. The van der Waals surface area contributed by atoms with Crippen LogP contribution in [0.1, 0.15) is 21.8 Å². The largest absolute Gasteiger partial charge is 0.360 e. The summed E-state index contributed by atoms with van der Waals surface area (Å²) in [4.78, 5) is 16.3. The van der Waals surface area contributed by atoms with E-state index >= 15 is 0 Å². The lowest BCUT2D eigenvalue weighted by Crippen LogP contribution is -2.48. The Labute approximate surface area is 138 Å². The molecule has 1 aliphatic rings. The summed E-state index contributed by atoms with van der Waals surface area (Å²) in [5.41, 5.74) is 0.802. The van der Waals surface area contributed by atoms with Crippen LogP contribution in [0.25, 0.3) is 0 Å². The number of piperazine rings is 1. The van der Waals surface area contributed by atoms with Gasteiger partial charge in [0.25, 0.3) is 5.91 Å². The van der Waals surface area contributed by atoms with Crippen molar-refractivity contribution >= 4 is 17.5 Å². The van der Waals surface area contributed by atoms with E-state index in [2.05, 4.69) is 10.1 Å². The van der Waals surface area contributed by atoms with Crippen molar-refractivity contribution in [3.63, 3.8) is 0 Å². The lowest BCUT2D eigenvalue weighted by atomic mass is 10.1. The third-order valence-corrected chi connectivity index (χ3v) is 4.21. The van der Waals surface area contributed by atoms with Crippen LogP contribution in [-0.4, -0.2) is 47.0 Å². The van der Waals surface area contributed by atoms with E-state index in [1.54, 1.807) is 4.90 Å². The first-order valence-electron chi connectivity index (χ1n) is 7.42. The van der Waals surface area contributed by atoms with Crippen molar-refractivity contribution in [1.29, 1.82) is 0 Å². The van der Waals surface area contributed by atoms with Crippen LogP contribution in [0.4, 0.5) is 4.39 Å². The lowest BCUT2D eigenvalue weighted by molar-refractivity contribution is 0.0613. The fourth-order valence-electron chi connectivity index (χ4n) is 2.68. The normalized spacial score (nSPS) is 15.9. The molecule has 0 bridgehead atoms. The number of aromatic nitrogens is 1. The maximum Gasteiger partial charge on any atom is 0.258 e. The summed E-state index contributed by atoms with van der Waals surface area (Å²) >= 11 is 5.96. The number of aryl methyl sites for hydroxylation is 1. The van der Waals surface area contributed by atoms with E-state index in [-0.39, 0.29) is 16.5 Å². The van der Waals surface area contributed by atoms with Gasteiger partial charge in [0.2, 0.25) is 0 Å². The predicted octanol–water partition coefficient (Wildman–Crippen LogP) is 2.73. The molecule has 1 aromatic carbocycles. The van der Waals surface area contributed by atoms with Gasteiger partial charge in [-0.15, -0.1) is 0 Å². The van der Waals surface area contributed by atoms with Crippen LogP contribution in [0, 0.1) is 12.7 Å². The number of benzene rings is 1. The van der Waals surface area contributed by atoms with Crippen LogP contribution in [0.15, 0.2) is 28.8 Å². The Morgan fingerprint density at radius 2 is 2.09 bits per heavy atom. The van der Waals surface area contributed by atoms with Crippen molar-refractivity contribution in [2.24, 2.45) is 0 Å². The van der Waals surface area contributed by atoms with E-state index in [9.17, 15) is 9.18 Å². The van der Waals surface area contributed by atoms with Crippen LogP contribution >= 0.6 is 11.6 Å². The highest BCUT2D eigenvalue weighted by molar-refractivity contribution is 6.33. The molecule has 0 spiro atoms. The lowest BCUT2D eigenvalue weighted by Gasteiger charge is -2.34. The monoisotopic (exact) mass is 337 g/mol. The summed E-state index contributed by atoms with van der Waals surface area (Å²) < 4.78 is 19.1. The Hall–Kier alpha value is -1.92. The second-order valence-electron chi connectivity index (χ2n) is 5.60. The molecule has 0 N–H and O–H groups in total. The summed E-state index contributed by atoms with van der Waals surface area (Å²) in [6, 6.07) is 6.17. The van der Waals surface area contributed by atoms with Crippen molar-refractivity contribution in [3.8, 4) is 0 Å². The van der Waals surface area contributed by atoms with Crippen molar-refractivity contribution in [3.05, 3.63) is 52.1 Å².